The van der Waals surface area contributed by atoms with Crippen molar-refractivity contribution >= 4 is 0 Å². The monoisotopic (exact) mass is 223 g/mol. The molecule has 0 bridgehead atoms. The van der Waals surface area contributed by atoms with Crippen LogP contribution in [0.15, 0.2) is 24.3 Å². The summed E-state index contributed by atoms with van der Waals surface area (Å²) in [5.74, 6) is 0. The lowest BCUT2D eigenvalue weighted by Gasteiger charge is -2.21. The second kappa shape index (κ2) is 5.99. The maximum Gasteiger partial charge on any atom is 0.0681 e. The molecule has 0 aliphatic carbocycles. The lowest BCUT2D eigenvalue weighted by atomic mass is 9.95. The standard InChI is InChI=1S/C13H21NO2/c1-13(2,10-16)9-14-7-11-3-5-12(8-15)6-4-11/h3-6,14-16H,7-10H2,1-2H3. The predicted molar refractivity (Wildman–Crippen MR) is 64.9 cm³/mol. The Labute approximate surface area is 97.1 Å². The molecule has 0 spiro atoms. The van der Waals surface area contributed by atoms with Crippen LogP contribution in [0.2, 0.25) is 0 Å². The molecule has 90 valence electrons. The van der Waals surface area contributed by atoms with Crippen molar-refractivity contribution in [3.8, 4) is 0 Å². The van der Waals surface area contributed by atoms with Crippen LogP contribution in [-0.2, 0) is 13.2 Å². The van der Waals surface area contributed by atoms with Crippen molar-refractivity contribution in [1.82, 2.24) is 5.32 Å². The van der Waals surface area contributed by atoms with Crippen LogP contribution in [0, 0.1) is 5.41 Å². The first-order valence-electron chi connectivity index (χ1n) is 5.58. The van der Waals surface area contributed by atoms with Crippen LogP contribution in [0.5, 0.6) is 0 Å². The predicted octanol–water partition coefficient (Wildman–Crippen LogP) is 1.29. The summed E-state index contributed by atoms with van der Waals surface area (Å²) in [6, 6.07) is 7.86. The van der Waals surface area contributed by atoms with Crippen molar-refractivity contribution in [2.45, 2.75) is 27.0 Å². The Hall–Kier alpha value is -0.900. The van der Waals surface area contributed by atoms with Gasteiger partial charge in [-0.25, -0.2) is 0 Å². The van der Waals surface area contributed by atoms with Crippen LogP contribution in [0.1, 0.15) is 25.0 Å². The third-order valence-corrected chi connectivity index (χ3v) is 2.57. The summed E-state index contributed by atoms with van der Waals surface area (Å²) in [6.07, 6.45) is 0. The Kier molecular flexibility index (Phi) is 4.93. The second-order valence-electron chi connectivity index (χ2n) is 4.90. The van der Waals surface area contributed by atoms with Crippen LogP contribution in [0.4, 0.5) is 0 Å². The molecular formula is C13H21NO2. The topological polar surface area (TPSA) is 52.5 Å². The molecule has 0 unspecified atom stereocenters. The molecule has 0 heterocycles. The molecule has 0 aliphatic heterocycles. The van der Waals surface area contributed by atoms with E-state index in [1.165, 1.54) is 5.56 Å². The van der Waals surface area contributed by atoms with E-state index in [1.807, 2.05) is 38.1 Å². The molecule has 0 fully saturated rings. The van der Waals surface area contributed by atoms with Gasteiger partial charge in [0, 0.05) is 25.1 Å². The van der Waals surface area contributed by atoms with Gasteiger partial charge in [-0.05, 0) is 11.1 Å². The molecule has 0 radical (unpaired) electrons. The smallest absolute Gasteiger partial charge is 0.0681 e. The summed E-state index contributed by atoms with van der Waals surface area (Å²) in [5.41, 5.74) is 2.04. The van der Waals surface area contributed by atoms with Gasteiger partial charge >= 0.3 is 0 Å². The van der Waals surface area contributed by atoms with Crippen molar-refractivity contribution < 1.29 is 10.2 Å². The van der Waals surface area contributed by atoms with E-state index in [-0.39, 0.29) is 18.6 Å². The number of rotatable bonds is 6. The van der Waals surface area contributed by atoms with E-state index in [2.05, 4.69) is 5.32 Å². The number of aliphatic hydroxyl groups excluding tert-OH is 2. The van der Waals surface area contributed by atoms with Gasteiger partial charge in [-0.15, -0.1) is 0 Å². The summed E-state index contributed by atoms with van der Waals surface area (Å²) < 4.78 is 0. The molecule has 0 amide bonds. The lowest BCUT2D eigenvalue weighted by Crippen LogP contribution is -2.31. The van der Waals surface area contributed by atoms with Crippen LogP contribution >= 0.6 is 0 Å². The first-order chi connectivity index (χ1) is 7.57. The number of aliphatic hydroxyl groups is 2. The molecular weight excluding hydrogens is 202 g/mol. The summed E-state index contributed by atoms with van der Waals surface area (Å²) >= 11 is 0. The van der Waals surface area contributed by atoms with Gasteiger partial charge in [0.25, 0.3) is 0 Å². The first-order valence-corrected chi connectivity index (χ1v) is 5.58. The Bertz CT molecular complexity index is 306. The van der Waals surface area contributed by atoms with Crippen LogP contribution in [-0.4, -0.2) is 23.4 Å². The molecule has 3 heteroatoms. The van der Waals surface area contributed by atoms with Crippen LogP contribution in [0.25, 0.3) is 0 Å². The normalized spacial score (nSPS) is 11.8. The molecule has 1 rings (SSSR count). The highest BCUT2D eigenvalue weighted by atomic mass is 16.3. The highest BCUT2D eigenvalue weighted by Crippen LogP contribution is 2.12. The molecule has 0 saturated carbocycles. The van der Waals surface area contributed by atoms with Crippen molar-refractivity contribution in [3.05, 3.63) is 35.4 Å². The van der Waals surface area contributed by atoms with Gasteiger partial charge in [0.15, 0.2) is 0 Å². The van der Waals surface area contributed by atoms with Crippen molar-refractivity contribution in [3.63, 3.8) is 0 Å². The van der Waals surface area contributed by atoms with Gasteiger partial charge in [-0.2, -0.15) is 0 Å². The van der Waals surface area contributed by atoms with Gasteiger partial charge in [-0.1, -0.05) is 38.1 Å². The molecule has 3 N–H and O–H groups in total. The molecule has 0 atom stereocenters. The van der Waals surface area contributed by atoms with Gasteiger partial charge in [0.2, 0.25) is 0 Å². The number of benzene rings is 1. The fraction of sp³-hybridized carbons (Fsp3) is 0.538. The number of hydrogen-bond acceptors (Lipinski definition) is 3. The van der Waals surface area contributed by atoms with E-state index in [0.29, 0.717) is 0 Å². The molecule has 0 aliphatic rings. The minimum absolute atomic E-state index is 0.0783. The fourth-order valence-electron chi connectivity index (χ4n) is 1.36. The maximum atomic E-state index is 9.09. The average Bonchev–Trinajstić information content (AvgIpc) is 2.30. The zero-order chi connectivity index (χ0) is 12.0. The Morgan fingerprint density at radius 1 is 1.06 bits per heavy atom. The number of hydrogen-bond donors (Lipinski definition) is 3. The lowest BCUT2D eigenvalue weighted by molar-refractivity contribution is 0.156. The Balaban J connectivity index is 2.37. The van der Waals surface area contributed by atoms with Crippen molar-refractivity contribution in [2.75, 3.05) is 13.2 Å². The maximum absolute atomic E-state index is 9.09. The molecule has 0 aromatic heterocycles. The Morgan fingerprint density at radius 2 is 1.62 bits per heavy atom. The van der Waals surface area contributed by atoms with Crippen LogP contribution < -0.4 is 5.32 Å². The quantitative estimate of drug-likeness (QED) is 0.681. The van der Waals surface area contributed by atoms with Crippen molar-refractivity contribution in [2.24, 2.45) is 5.41 Å². The SMILES string of the molecule is CC(C)(CO)CNCc1ccc(CO)cc1. The fourth-order valence-corrected chi connectivity index (χ4v) is 1.36. The largest absolute Gasteiger partial charge is 0.396 e. The van der Waals surface area contributed by atoms with E-state index >= 15 is 0 Å². The third-order valence-electron chi connectivity index (χ3n) is 2.57. The zero-order valence-electron chi connectivity index (χ0n) is 10.0. The minimum Gasteiger partial charge on any atom is -0.396 e. The summed E-state index contributed by atoms with van der Waals surface area (Å²) in [7, 11) is 0. The van der Waals surface area contributed by atoms with Crippen molar-refractivity contribution in [1.29, 1.82) is 0 Å². The number of nitrogens with one attached hydrogen (secondary N) is 1. The van der Waals surface area contributed by atoms with Gasteiger partial charge < -0.3 is 15.5 Å². The van der Waals surface area contributed by atoms with E-state index in [0.717, 1.165) is 18.7 Å². The van der Waals surface area contributed by atoms with Crippen LogP contribution in [0.3, 0.4) is 0 Å². The molecule has 1 aromatic rings. The van der Waals surface area contributed by atoms with E-state index in [1.54, 1.807) is 0 Å². The van der Waals surface area contributed by atoms with Gasteiger partial charge in [0.05, 0.1) is 6.61 Å². The molecule has 0 saturated heterocycles. The first kappa shape index (κ1) is 13.2. The summed E-state index contributed by atoms with van der Waals surface area (Å²) in [6.45, 7) is 5.89. The molecule has 1 aromatic carbocycles. The minimum atomic E-state index is -0.0783. The Morgan fingerprint density at radius 3 is 2.12 bits per heavy atom. The van der Waals surface area contributed by atoms with E-state index < -0.39 is 0 Å². The molecule has 3 nitrogen and oxygen atoms in total. The van der Waals surface area contributed by atoms with Gasteiger partial charge in [-0.3, -0.25) is 0 Å². The zero-order valence-corrected chi connectivity index (χ0v) is 10.0. The third kappa shape index (κ3) is 4.31. The average molecular weight is 223 g/mol. The highest BCUT2D eigenvalue weighted by molar-refractivity contribution is 5.21. The highest BCUT2D eigenvalue weighted by Gasteiger charge is 2.15. The van der Waals surface area contributed by atoms with Gasteiger partial charge in [0.1, 0.15) is 0 Å². The van der Waals surface area contributed by atoms with E-state index in [4.69, 9.17) is 10.2 Å². The summed E-state index contributed by atoms with van der Waals surface area (Å²) in [5, 5.41) is 21.3. The molecule has 16 heavy (non-hydrogen) atoms. The van der Waals surface area contributed by atoms with E-state index in [9.17, 15) is 0 Å². The summed E-state index contributed by atoms with van der Waals surface area (Å²) in [4.78, 5) is 0. The second-order valence-corrected chi connectivity index (χ2v) is 4.90.